The van der Waals surface area contributed by atoms with E-state index >= 15 is 0 Å². The highest BCUT2D eigenvalue weighted by atomic mass is 35.5. The summed E-state index contributed by atoms with van der Waals surface area (Å²) in [5.41, 5.74) is 3.21. The van der Waals surface area contributed by atoms with Crippen LogP contribution in [-0.4, -0.2) is 56.4 Å². The molecule has 184 valence electrons. The lowest BCUT2D eigenvalue weighted by atomic mass is 10.2. The van der Waals surface area contributed by atoms with E-state index in [1.54, 1.807) is 32.4 Å². The Balaban J connectivity index is 1.70. The lowest BCUT2D eigenvalue weighted by Gasteiger charge is -2.24. The smallest absolute Gasteiger partial charge is 0.247 e. The summed E-state index contributed by atoms with van der Waals surface area (Å²) in [5.74, 6) is 0.523. The van der Waals surface area contributed by atoms with Crippen molar-refractivity contribution in [2.24, 2.45) is 0 Å². The molecule has 1 aromatic heterocycles. The summed E-state index contributed by atoms with van der Waals surface area (Å²) >= 11 is 6.31. The van der Waals surface area contributed by atoms with Crippen molar-refractivity contribution in [1.82, 2.24) is 9.97 Å². The quantitative estimate of drug-likeness (QED) is 0.289. The van der Waals surface area contributed by atoms with Crippen LogP contribution in [-0.2, 0) is 14.3 Å². The molecule has 0 aliphatic heterocycles. The molecule has 1 amide bonds. The van der Waals surface area contributed by atoms with E-state index in [-0.39, 0.29) is 5.91 Å². The van der Waals surface area contributed by atoms with Gasteiger partial charge < -0.3 is 30.3 Å². The first kappa shape index (κ1) is 26.0. The van der Waals surface area contributed by atoms with Gasteiger partial charge >= 0.3 is 0 Å². The highest BCUT2D eigenvalue weighted by Crippen LogP contribution is 2.27. The molecule has 1 heterocycles. The van der Waals surface area contributed by atoms with Crippen LogP contribution >= 0.6 is 11.6 Å². The molecule has 0 aliphatic carbocycles. The predicted molar refractivity (Wildman–Crippen MR) is 141 cm³/mol. The van der Waals surface area contributed by atoms with Crippen molar-refractivity contribution in [3.05, 3.63) is 72.4 Å². The molecule has 2 aromatic carbocycles. The minimum absolute atomic E-state index is 0.291. The summed E-state index contributed by atoms with van der Waals surface area (Å²) in [5, 5.41) is 9.44. The molecule has 3 N–H and O–H groups in total. The van der Waals surface area contributed by atoms with Gasteiger partial charge in [0.2, 0.25) is 11.9 Å². The largest absolute Gasteiger partial charge is 0.383 e. The second-order valence-electron chi connectivity index (χ2n) is 7.43. The Labute approximate surface area is 210 Å². The van der Waals surface area contributed by atoms with Gasteiger partial charge in [0.25, 0.3) is 0 Å². The minimum Gasteiger partial charge on any atom is -0.383 e. The Morgan fingerprint density at radius 2 is 1.71 bits per heavy atom. The number of nitrogens with one attached hydrogen (secondary N) is 3. The van der Waals surface area contributed by atoms with Crippen molar-refractivity contribution >= 4 is 52.0 Å². The summed E-state index contributed by atoms with van der Waals surface area (Å²) < 4.78 is 10.4. The van der Waals surface area contributed by atoms with Gasteiger partial charge in [0.15, 0.2) is 5.82 Å². The summed E-state index contributed by atoms with van der Waals surface area (Å²) in [6.45, 7) is 6.24. The molecule has 35 heavy (non-hydrogen) atoms. The monoisotopic (exact) mass is 496 g/mol. The van der Waals surface area contributed by atoms with E-state index in [2.05, 4.69) is 37.4 Å². The van der Waals surface area contributed by atoms with Crippen molar-refractivity contribution in [2.45, 2.75) is 0 Å². The van der Waals surface area contributed by atoms with Gasteiger partial charge in [-0.25, -0.2) is 4.98 Å². The first-order chi connectivity index (χ1) is 17.0. The van der Waals surface area contributed by atoms with Gasteiger partial charge in [-0.2, -0.15) is 4.98 Å². The van der Waals surface area contributed by atoms with Crippen molar-refractivity contribution in [3.8, 4) is 0 Å². The summed E-state index contributed by atoms with van der Waals surface area (Å²) in [6.07, 6.45) is 2.73. The van der Waals surface area contributed by atoms with Gasteiger partial charge in [-0.1, -0.05) is 24.2 Å². The van der Waals surface area contributed by atoms with Crippen molar-refractivity contribution < 1.29 is 14.3 Å². The number of nitrogens with zero attached hydrogens (tertiary/aromatic N) is 3. The van der Waals surface area contributed by atoms with E-state index in [1.807, 2.05) is 30.3 Å². The van der Waals surface area contributed by atoms with E-state index in [0.717, 1.165) is 24.5 Å². The van der Waals surface area contributed by atoms with Crippen LogP contribution in [0, 0.1) is 0 Å². The van der Waals surface area contributed by atoms with E-state index < -0.39 is 0 Å². The number of aromatic nitrogens is 2. The van der Waals surface area contributed by atoms with E-state index in [9.17, 15) is 4.79 Å². The fourth-order valence-corrected chi connectivity index (χ4v) is 3.32. The molecular weight excluding hydrogens is 468 g/mol. The van der Waals surface area contributed by atoms with Crippen LogP contribution in [0.2, 0.25) is 5.02 Å². The van der Waals surface area contributed by atoms with E-state index in [4.69, 9.17) is 21.1 Å². The van der Waals surface area contributed by atoms with Gasteiger partial charge in [-0.15, -0.1) is 0 Å². The molecule has 10 heteroatoms. The van der Waals surface area contributed by atoms with Crippen LogP contribution in [0.5, 0.6) is 0 Å². The standard InChI is InChI=1S/C25H29ClN6O3/c1-4-23(33)28-19-6-5-7-20(16-19)29-24-22(26)17-27-25(31-24)30-18-8-10-21(11-9-18)32(12-14-34-2)13-15-35-3/h4-11,16-17H,1,12-15H2,2-3H3,(H,28,33)(H2,27,29,30,31). The number of hydrogen-bond acceptors (Lipinski definition) is 8. The highest BCUT2D eigenvalue weighted by molar-refractivity contribution is 6.32. The maximum absolute atomic E-state index is 11.6. The lowest BCUT2D eigenvalue weighted by Crippen LogP contribution is -2.30. The first-order valence-corrected chi connectivity index (χ1v) is 11.3. The molecule has 0 fully saturated rings. The third-order valence-corrected chi connectivity index (χ3v) is 5.22. The van der Waals surface area contributed by atoms with Crippen LogP contribution < -0.4 is 20.9 Å². The number of benzene rings is 2. The van der Waals surface area contributed by atoms with E-state index in [0.29, 0.717) is 41.4 Å². The molecule has 0 aliphatic rings. The number of anilines is 6. The number of carbonyl (C=O) groups is 1. The highest BCUT2D eigenvalue weighted by Gasteiger charge is 2.09. The van der Waals surface area contributed by atoms with Crippen LogP contribution in [0.3, 0.4) is 0 Å². The fourth-order valence-electron chi connectivity index (χ4n) is 3.18. The fraction of sp³-hybridized carbons (Fsp3) is 0.240. The van der Waals surface area contributed by atoms with Crippen molar-refractivity contribution in [2.75, 3.05) is 61.4 Å². The number of amides is 1. The van der Waals surface area contributed by atoms with Gasteiger partial charge in [0, 0.05) is 50.1 Å². The van der Waals surface area contributed by atoms with Gasteiger partial charge in [0.1, 0.15) is 5.02 Å². The number of carbonyl (C=O) groups excluding carboxylic acids is 1. The molecule has 3 rings (SSSR count). The summed E-state index contributed by atoms with van der Waals surface area (Å²) in [7, 11) is 3.38. The Bertz CT molecular complexity index is 1120. The molecule has 0 spiro atoms. The van der Waals surface area contributed by atoms with Crippen LogP contribution in [0.25, 0.3) is 0 Å². The van der Waals surface area contributed by atoms with Crippen LogP contribution in [0.15, 0.2) is 67.4 Å². The molecule has 0 saturated carbocycles. The Morgan fingerprint density at radius 1 is 1.03 bits per heavy atom. The Morgan fingerprint density at radius 3 is 2.37 bits per heavy atom. The maximum atomic E-state index is 11.6. The third-order valence-electron chi connectivity index (χ3n) is 4.94. The Kier molecular flexibility index (Phi) is 9.85. The van der Waals surface area contributed by atoms with Crippen molar-refractivity contribution in [1.29, 1.82) is 0 Å². The first-order valence-electron chi connectivity index (χ1n) is 11.0. The number of rotatable bonds is 13. The normalized spacial score (nSPS) is 10.5. The third kappa shape index (κ3) is 7.96. The molecule has 0 bridgehead atoms. The number of halogens is 1. The van der Waals surface area contributed by atoms with Gasteiger partial charge in [-0.3, -0.25) is 4.79 Å². The van der Waals surface area contributed by atoms with Crippen LogP contribution in [0.1, 0.15) is 0 Å². The number of hydrogen-bond donors (Lipinski definition) is 3. The molecular formula is C25H29ClN6O3. The SMILES string of the molecule is C=CC(=O)Nc1cccc(Nc2nc(Nc3ccc(N(CCOC)CCOC)cc3)ncc2Cl)c1. The van der Waals surface area contributed by atoms with E-state index in [1.165, 1.54) is 12.3 Å². The molecule has 0 unspecified atom stereocenters. The molecule has 9 nitrogen and oxygen atoms in total. The summed E-state index contributed by atoms with van der Waals surface area (Å²) in [4.78, 5) is 22.5. The molecule has 0 radical (unpaired) electrons. The minimum atomic E-state index is -0.291. The molecule has 3 aromatic rings. The lowest BCUT2D eigenvalue weighted by molar-refractivity contribution is -0.111. The van der Waals surface area contributed by atoms with Crippen molar-refractivity contribution in [3.63, 3.8) is 0 Å². The second-order valence-corrected chi connectivity index (χ2v) is 7.84. The van der Waals surface area contributed by atoms with Gasteiger partial charge in [-0.05, 0) is 48.5 Å². The average Bonchev–Trinajstić information content (AvgIpc) is 2.87. The zero-order chi connectivity index (χ0) is 25.0. The number of methoxy groups -OCH3 is 2. The number of ether oxygens (including phenoxy) is 2. The predicted octanol–water partition coefficient (Wildman–Crippen LogP) is 4.84. The van der Waals surface area contributed by atoms with Crippen LogP contribution in [0.4, 0.5) is 34.5 Å². The topological polar surface area (TPSA) is 101 Å². The zero-order valence-electron chi connectivity index (χ0n) is 19.8. The second kappa shape index (κ2) is 13.3. The Hall–Kier alpha value is -3.66. The summed E-state index contributed by atoms with van der Waals surface area (Å²) in [6, 6.07) is 15.1. The molecule has 0 saturated heterocycles. The maximum Gasteiger partial charge on any atom is 0.247 e. The molecule has 0 atom stereocenters. The van der Waals surface area contributed by atoms with Gasteiger partial charge in [0.05, 0.1) is 19.4 Å². The zero-order valence-corrected chi connectivity index (χ0v) is 20.5. The average molecular weight is 497 g/mol.